The van der Waals surface area contributed by atoms with E-state index in [1.165, 1.54) is 9.80 Å². The van der Waals surface area contributed by atoms with Gasteiger partial charge in [0.2, 0.25) is 5.91 Å². The highest BCUT2D eigenvalue weighted by atomic mass is 19.4. The van der Waals surface area contributed by atoms with E-state index in [9.17, 15) is 27.9 Å². The van der Waals surface area contributed by atoms with E-state index >= 15 is 0 Å². The van der Waals surface area contributed by atoms with Crippen molar-refractivity contribution in [3.05, 3.63) is 35.9 Å². The average Bonchev–Trinajstić information content (AvgIpc) is 2.54. The van der Waals surface area contributed by atoms with Gasteiger partial charge in [-0.2, -0.15) is 13.2 Å². The van der Waals surface area contributed by atoms with E-state index in [0.29, 0.717) is 0 Å². The Balaban J connectivity index is 1.86. The number of amides is 1. The van der Waals surface area contributed by atoms with Crippen LogP contribution in [-0.4, -0.2) is 60.6 Å². The number of alkyl halides is 3. The first-order valence-electron chi connectivity index (χ1n) is 8.06. The molecule has 0 spiro atoms. The molecule has 2 rings (SSSR count). The number of nitrogens with zero attached hydrogens (tertiary/aromatic N) is 2. The van der Waals surface area contributed by atoms with Gasteiger partial charge in [0.1, 0.15) is 0 Å². The van der Waals surface area contributed by atoms with Gasteiger partial charge in [0, 0.05) is 44.5 Å². The Hall–Kier alpha value is -2.09. The van der Waals surface area contributed by atoms with Crippen LogP contribution in [0.1, 0.15) is 12.0 Å². The van der Waals surface area contributed by atoms with Gasteiger partial charge in [0.05, 0.1) is 6.54 Å². The Labute approximate surface area is 144 Å². The lowest BCUT2D eigenvalue weighted by Crippen LogP contribution is -2.51. The molecule has 1 saturated heterocycles. The van der Waals surface area contributed by atoms with Crippen LogP contribution < -0.4 is 5.11 Å². The van der Waals surface area contributed by atoms with Gasteiger partial charge in [-0.25, -0.2) is 0 Å². The highest BCUT2D eigenvalue weighted by Crippen LogP contribution is 2.19. The van der Waals surface area contributed by atoms with E-state index in [-0.39, 0.29) is 44.9 Å². The lowest BCUT2D eigenvalue weighted by molar-refractivity contribution is -0.311. The Morgan fingerprint density at radius 2 is 1.68 bits per heavy atom. The summed E-state index contributed by atoms with van der Waals surface area (Å²) in [4.78, 5) is 26.3. The fourth-order valence-electron chi connectivity index (χ4n) is 2.89. The van der Waals surface area contributed by atoms with E-state index in [2.05, 4.69) is 0 Å². The number of rotatable bonds is 6. The number of carboxylic acids is 1. The maximum Gasteiger partial charge on any atom is 0.401 e. The van der Waals surface area contributed by atoms with Crippen LogP contribution in [0.3, 0.4) is 0 Å². The van der Waals surface area contributed by atoms with E-state index in [0.717, 1.165) is 5.56 Å². The second kappa shape index (κ2) is 8.33. The number of hydrogen-bond donors (Lipinski definition) is 0. The van der Waals surface area contributed by atoms with E-state index in [4.69, 9.17) is 0 Å². The standard InChI is InChI=1S/C17H21F3N2O3/c18-17(19,20)12-21-6-8-22(9-7-21)15(23)11-14(16(24)25)10-13-4-2-1-3-5-13/h1-5,14H,6-12H2,(H,24,25)/p-1/t14-/m1/s1. The molecule has 0 bridgehead atoms. The minimum absolute atomic E-state index is 0.125. The predicted octanol–water partition coefficient (Wildman–Crippen LogP) is 0.692. The molecule has 25 heavy (non-hydrogen) atoms. The fourth-order valence-corrected chi connectivity index (χ4v) is 2.89. The molecule has 1 atom stereocenters. The first-order valence-corrected chi connectivity index (χ1v) is 8.06. The molecule has 1 aliphatic heterocycles. The number of carbonyl (C=O) groups excluding carboxylic acids is 2. The van der Waals surface area contributed by atoms with Crippen molar-refractivity contribution in [2.24, 2.45) is 5.92 Å². The quantitative estimate of drug-likeness (QED) is 0.752. The Morgan fingerprint density at radius 3 is 2.20 bits per heavy atom. The minimum Gasteiger partial charge on any atom is -0.550 e. The SMILES string of the molecule is O=C([O-])[C@@H](CC(=O)N1CCN(CC(F)(F)F)CC1)Cc1ccccc1. The number of carboxylic acid groups (broad SMARTS) is 1. The summed E-state index contributed by atoms with van der Waals surface area (Å²) in [5.74, 6) is -2.62. The van der Waals surface area contributed by atoms with Crippen molar-refractivity contribution in [1.29, 1.82) is 0 Å². The Morgan fingerprint density at radius 1 is 1.08 bits per heavy atom. The van der Waals surface area contributed by atoms with Crippen molar-refractivity contribution in [3.8, 4) is 0 Å². The van der Waals surface area contributed by atoms with Crippen molar-refractivity contribution in [2.45, 2.75) is 19.0 Å². The molecule has 0 N–H and O–H groups in total. The monoisotopic (exact) mass is 357 g/mol. The van der Waals surface area contributed by atoms with Gasteiger partial charge in [0.25, 0.3) is 0 Å². The average molecular weight is 357 g/mol. The minimum atomic E-state index is -4.26. The van der Waals surface area contributed by atoms with Crippen molar-refractivity contribution in [2.75, 3.05) is 32.7 Å². The van der Waals surface area contributed by atoms with E-state index < -0.39 is 24.6 Å². The maximum absolute atomic E-state index is 12.4. The van der Waals surface area contributed by atoms with Crippen LogP contribution in [-0.2, 0) is 16.0 Å². The molecule has 1 amide bonds. The van der Waals surface area contributed by atoms with Crippen LogP contribution in [0, 0.1) is 5.92 Å². The second-order valence-corrected chi connectivity index (χ2v) is 6.18. The van der Waals surface area contributed by atoms with Gasteiger partial charge in [0.15, 0.2) is 0 Å². The van der Waals surface area contributed by atoms with Gasteiger partial charge in [-0.1, -0.05) is 30.3 Å². The number of halogens is 3. The molecule has 8 heteroatoms. The van der Waals surface area contributed by atoms with Gasteiger partial charge in [-0.15, -0.1) is 0 Å². The molecule has 1 heterocycles. The first-order chi connectivity index (χ1) is 11.7. The number of benzene rings is 1. The molecule has 1 aromatic rings. The smallest absolute Gasteiger partial charge is 0.401 e. The van der Waals surface area contributed by atoms with Crippen LogP contribution >= 0.6 is 0 Å². The summed E-state index contributed by atoms with van der Waals surface area (Å²) in [5.41, 5.74) is 0.791. The number of piperazine rings is 1. The molecular weight excluding hydrogens is 337 g/mol. The molecule has 1 aliphatic rings. The third kappa shape index (κ3) is 6.38. The van der Waals surface area contributed by atoms with Crippen LogP contribution in [0.4, 0.5) is 13.2 Å². The van der Waals surface area contributed by atoms with Gasteiger partial charge in [-0.05, 0) is 12.0 Å². The summed E-state index contributed by atoms with van der Waals surface area (Å²) in [6.45, 7) is -0.412. The first kappa shape index (κ1) is 19.2. The summed E-state index contributed by atoms with van der Waals surface area (Å²) in [6.07, 6.45) is -4.29. The lowest BCUT2D eigenvalue weighted by atomic mass is 9.95. The molecule has 1 aromatic carbocycles. The van der Waals surface area contributed by atoms with Crippen molar-refractivity contribution in [1.82, 2.24) is 9.80 Å². The van der Waals surface area contributed by atoms with Gasteiger partial charge in [-0.3, -0.25) is 9.69 Å². The largest absolute Gasteiger partial charge is 0.550 e. The van der Waals surface area contributed by atoms with Crippen LogP contribution in [0.25, 0.3) is 0 Å². The summed E-state index contributed by atoms with van der Waals surface area (Å²) < 4.78 is 37.1. The molecule has 0 aromatic heterocycles. The number of hydrogen-bond acceptors (Lipinski definition) is 4. The Kier molecular flexibility index (Phi) is 6.41. The molecule has 0 saturated carbocycles. The van der Waals surface area contributed by atoms with Crippen molar-refractivity contribution >= 4 is 11.9 Å². The van der Waals surface area contributed by atoms with Gasteiger partial charge >= 0.3 is 6.18 Å². The normalized spacial score (nSPS) is 17.3. The third-order valence-electron chi connectivity index (χ3n) is 4.21. The number of aliphatic carboxylic acids is 1. The lowest BCUT2D eigenvalue weighted by Gasteiger charge is -2.35. The molecule has 0 radical (unpaired) electrons. The van der Waals surface area contributed by atoms with Gasteiger partial charge < -0.3 is 14.8 Å². The van der Waals surface area contributed by atoms with Crippen LogP contribution in [0.15, 0.2) is 30.3 Å². The van der Waals surface area contributed by atoms with E-state index in [1.54, 1.807) is 24.3 Å². The Bertz CT molecular complexity index is 585. The maximum atomic E-state index is 12.4. The number of carbonyl (C=O) groups is 2. The zero-order valence-corrected chi connectivity index (χ0v) is 13.7. The zero-order valence-electron chi connectivity index (χ0n) is 13.7. The van der Waals surface area contributed by atoms with E-state index in [1.807, 2.05) is 6.07 Å². The molecule has 0 unspecified atom stereocenters. The summed E-state index contributed by atoms with van der Waals surface area (Å²) in [6, 6.07) is 8.92. The zero-order chi connectivity index (χ0) is 18.4. The molecule has 1 fully saturated rings. The summed E-state index contributed by atoms with van der Waals surface area (Å²) in [7, 11) is 0. The summed E-state index contributed by atoms with van der Waals surface area (Å²) in [5, 5.41) is 11.3. The highest BCUT2D eigenvalue weighted by Gasteiger charge is 2.33. The summed E-state index contributed by atoms with van der Waals surface area (Å²) >= 11 is 0. The topological polar surface area (TPSA) is 63.7 Å². The molecule has 5 nitrogen and oxygen atoms in total. The van der Waals surface area contributed by atoms with Crippen molar-refractivity contribution in [3.63, 3.8) is 0 Å². The molecule has 138 valence electrons. The van der Waals surface area contributed by atoms with Crippen LogP contribution in [0.5, 0.6) is 0 Å². The molecular formula is C17H20F3N2O3-. The molecule has 0 aliphatic carbocycles. The van der Waals surface area contributed by atoms with Crippen molar-refractivity contribution < 1.29 is 27.9 Å². The highest BCUT2D eigenvalue weighted by molar-refractivity contribution is 5.82. The fraction of sp³-hybridized carbons (Fsp3) is 0.529. The van der Waals surface area contributed by atoms with Crippen LogP contribution in [0.2, 0.25) is 0 Å². The predicted molar refractivity (Wildman–Crippen MR) is 82.3 cm³/mol. The second-order valence-electron chi connectivity index (χ2n) is 6.18. The third-order valence-corrected chi connectivity index (χ3v) is 4.21.